The first-order chi connectivity index (χ1) is 17.9. The van der Waals surface area contributed by atoms with Crippen molar-refractivity contribution in [2.75, 3.05) is 14.2 Å². The summed E-state index contributed by atoms with van der Waals surface area (Å²) in [5.41, 5.74) is 0.0333. The van der Waals surface area contributed by atoms with E-state index in [4.69, 9.17) is 21.1 Å². The Morgan fingerprint density at radius 3 is 1.84 bits per heavy atom. The lowest BCUT2D eigenvalue weighted by Gasteiger charge is -2.29. The van der Waals surface area contributed by atoms with Gasteiger partial charge in [-0.3, -0.25) is 9.59 Å². The summed E-state index contributed by atoms with van der Waals surface area (Å²) >= 11 is 6.09. The molecule has 3 aromatic carbocycles. The van der Waals surface area contributed by atoms with Gasteiger partial charge in [0, 0.05) is 40.0 Å². The summed E-state index contributed by atoms with van der Waals surface area (Å²) in [6, 6.07) is 24.3. The van der Waals surface area contributed by atoms with Crippen LogP contribution >= 0.6 is 11.6 Å². The Morgan fingerprint density at radius 1 is 0.838 bits per heavy atom. The van der Waals surface area contributed by atoms with E-state index in [1.807, 2.05) is 0 Å². The van der Waals surface area contributed by atoms with Crippen LogP contribution in [0.5, 0.6) is 11.5 Å². The highest BCUT2D eigenvalue weighted by molar-refractivity contribution is 6.30. The summed E-state index contributed by atoms with van der Waals surface area (Å²) in [6.07, 6.45) is 1.51. The number of ether oxygens (including phenoxy) is 2. The first kappa shape index (κ1) is 25.7. The molecule has 0 heterocycles. The smallest absolute Gasteiger partial charge is 0.189 e. The molecule has 6 nitrogen and oxygen atoms in total. The van der Waals surface area contributed by atoms with Gasteiger partial charge in [0.2, 0.25) is 0 Å². The van der Waals surface area contributed by atoms with Crippen LogP contribution in [-0.2, 0) is 0 Å². The molecular weight excluding hydrogens is 488 g/mol. The number of hydrogen-bond donors (Lipinski definition) is 0. The van der Waals surface area contributed by atoms with Crippen LogP contribution in [-0.4, -0.2) is 25.8 Å². The maximum Gasteiger partial charge on any atom is 0.189 e. The van der Waals surface area contributed by atoms with Gasteiger partial charge in [-0.15, -0.1) is 0 Å². The van der Waals surface area contributed by atoms with E-state index in [-0.39, 0.29) is 18.0 Å². The van der Waals surface area contributed by atoms with Gasteiger partial charge in [0.05, 0.1) is 26.4 Å². The Hall–Kier alpha value is -4.39. The van der Waals surface area contributed by atoms with Gasteiger partial charge in [-0.05, 0) is 66.2 Å². The highest BCUT2D eigenvalue weighted by atomic mass is 35.5. The van der Waals surface area contributed by atoms with E-state index in [1.165, 1.54) is 14.2 Å². The molecule has 0 spiro atoms. The highest BCUT2D eigenvalue weighted by Gasteiger charge is 2.54. The molecule has 0 unspecified atom stereocenters. The molecule has 1 aliphatic carbocycles. The zero-order valence-corrected chi connectivity index (χ0v) is 21.0. The molecule has 0 N–H and O–H groups in total. The predicted molar refractivity (Wildman–Crippen MR) is 139 cm³/mol. The minimum Gasteiger partial charge on any atom is -0.497 e. The van der Waals surface area contributed by atoms with Crippen LogP contribution in [0.3, 0.4) is 0 Å². The maximum absolute atomic E-state index is 13.7. The number of nitriles is 2. The lowest BCUT2D eigenvalue weighted by molar-refractivity contribution is 0.0955. The summed E-state index contributed by atoms with van der Waals surface area (Å²) in [7, 11) is 3.07. The second-order valence-corrected chi connectivity index (χ2v) is 9.16. The number of carbonyl (C=O) groups is 2. The van der Waals surface area contributed by atoms with Crippen molar-refractivity contribution in [2.45, 2.75) is 12.3 Å². The number of carbonyl (C=O) groups excluding carboxylic acids is 2. The first-order valence-corrected chi connectivity index (χ1v) is 11.9. The Balaban J connectivity index is 1.79. The van der Waals surface area contributed by atoms with Gasteiger partial charge in [-0.25, -0.2) is 0 Å². The minimum atomic E-state index is -1.67. The number of halogens is 1. The van der Waals surface area contributed by atoms with Gasteiger partial charge in [-0.2, -0.15) is 10.5 Å². The van der Waals surface area contributed by atoms with Gasteiger partial charge in [0.1, 0.15) is 11.5 Å². The molecule has 0 aliphatic heterocycles. The number of allylic oxidation sites excluding steroid dienone is 2. The summed E-state index contributed by atoms with van der Waals surface area (Å²) < 4.78 is 10.3. The molecule has 1 aliphatic rings. The van der Waals surface area contributed by atoms with E-state index >= 15 is 0 Å². The topological polar surface area (TPSA) is 100 Å². The molecule has 2 atom stereocenters. The molecule has 184 valence electrons. The predicted octanol–water partition coefficient (Wildman–Crippen LogP) is 6.19. The average Bonchev–Trinajstić information content (AvgIpc) is 3.27. The lowest BCUT2D eigenvalue weighted by Crippen LogP contribution is -2.32. The Kier molecular flexibility index (Phi) is 7.43. The van der Waals surface area contributed by atoms with Crippen LogP contribution in [0.4, 0.5) is 0 Å². The fourth-order valence-corrected chi connectivity index (χ4v) is 4.88. The Morgan fingerprint density at radius 2 is 1.35 bits per heavy atom. The third kappa shape index (κ3) is 4.85. The third-order valence-corrected chi connectivity index (χ3v) is 6.99. The van der Waals surface area contributed by atoms with Gasteiger partial charge in [0.25, 0.3) is 0 Å². The number of benzene rings is 3. The molecular formula is C30H23ClN2O4. The van der Waals surface area contributed by atoms with E-state index in [1.54, 1.807) is 78.9 Å². The molecule has 3 aromatic rings. The van der Waals surface area contributed by atoms with Crippen molar-refractivity contribution in [1.82, 2.24) is 0 Å². The van der Waals surface area contributed by atoms with Crippen LogP contribution in [0.1, 0.15) is 38.6 Å². The lowest BCUT2D eigenvalue weighted by atomic mass is 9.67. The van der Waals surface area contributed by atoms with E-state index in [2.05, 4.69) is 12.1 Å². The van der Waals surface area contributed by atoms with Crippen LogP contribution in [0.15, 0.2) is 84.4 Å². The minimum absolute atomic E-state index is 0.114. The van der Waals surface area contributed by atoms with Crippen molar-refractivity contribution < 1.29 is 19.1 Å². The second kappa shape index (κ2) is 10.7. The van der Waals surface area contributed by atoms with Crippen LogP contribution in [0.25, 0.3) is 0 Å². The van der Waals surface area contributed by atoms with Crippen molar-refractivity contribution in [1.29, 1.82) is 10.5 Å². The molecule has 0 radical (unpaired) electrons. The third-order valence-electron chi connectivity index (χ3n) is 6.74. The van der Waals surface area contributed by atoms with Crippen molar-refractivity contribution in [3.63, 3.8) is 0 Å². The monoisotopic (exact) mass is 510 g/mol. The molecule has 4 rings (SSSR count). The summed E-state index contributed by atoms with van der Waals surface area (Å²) in [6.45, 7) is 0. The Bertz CT molecular complexity index is 1420. The molecule has 7 heteroatoms. The van der Waals surface area contributed by atoms with Crippen LogP contribution in [0.2, 0.25) is 5.02 Å². The van der Waals surface area contributed by atoms with Crippen molar-refractivity contribution >= 4 is 23.2 Å². The summed E-state index contributed by atoms with van der Waals surface area (Å²) in [4.78, 5) is 27.0. The van der Waals surface area contributed by atoms with Crippen LogP contribution < -0.4 is 9.47 Å². The number of rotatable bonds is 8. The fraction of sp³-hybridized carbons (Fsp3) is 0.200. The standard InChI is InChI=1S/C30H23ClN2O4/c1-36-24-11-5-19(6-12-24)27(34)16-22-15-26(29(35)21-7-13-25(37-2)14-8-21)28(30(22,17-32)18-33)20-3-9-23(31)10-4-20/h3-15,22,28H,16H2,1-2H3/t22-,28+/m1/s1. The second-order valence-electron chi connectivity index (χ2n) is 8.72. The summed E-state index contributed by atoms with van der Waals surface area (Å²) in [5, 5.41) is 21.2. The highest BCUT2D eigenvalue weighted by Crippen LogP contribution is 2.54. The van der Waals surface area contributed by atoms with Crippen molar-refractivity contribution in [2.24, 2.45) is 11.3 Å². The van der Waals surface area contributed by atoms with E-state index in [0.717, 1.165) is 0 Å². The van der Waals surface area contributed by atoms with E-state index in [9.17, 15) is 20.1 Å². The van der Waals surface area contributed by atoms with Gasteiger partial charge < -0.3 is 9.47 Å². The average molecular weight is 511 g/mol. The van der Waals surface area contributed by atoms with Gasteiger partial charge in [-0.1, -0.05) is 29.8 Å². The normalized spacial score (nSPS) is 17.7. The molecule has 0 saturated heterocycles. The molecule has 0 aromatic heterocycles. The number of hydrogen-bond acceptors (Lipinski definition) is 6. The zero-order valence-electron chi connectivity index (χ0n) is 20.3. The molecule has 0 fully saturated rings. The Labute approximate surface area is 220 Å². The quantitative estimate of drug-likeness (QED) is 0.335. The number of ketones is 2. The maximum atomic E-state index is 13.7. The molecule has 0 saturated carbocycles. The van der Waals surface area contributed by atoms with Gasteiger partial charge in [0.15, 0.2) is 17.0 Å². The molecule has 0 bridgehead atoms. The SMILES string of the molecule is COc1ccc(C(=O)C[C@H]2C=C(C(=O)c3ccc(OC)cc3)[C@H](c3ccc(Cl)cc3)C2(C#N)C#N)cc1. The van der Waals surface area contributed by atoms with Crippen LogP contribution in [0, 0.1) is 34.0 Å². The van der Waals surface area contributed by atoms with Crippen molar-refractivity contribution in [3.05, 3.63) is 106 Å². The van der Waals surface area contributed by atoms with E-state index in [0.29, 0.717) is 38.8 Å². The first-order valence-electron chi connectivity index (χ1n) is 11.5. The molecule has 0 amide bonds. The zero-order chi connectivity index (χ0) is 26.6. The number of nitrogens with zero attached hydrogens (tertiary/aromatic N) is 2. The molecule has 37 heavy (non-hydrogen) atoms. The van der Waals surface area contributed by atoms with E-state index < -0.39 is 17.3 Å². The number of Topliss-reactive ketones (excluding diaryl/α,β-unsaturated/α-hetero) is 2. The van der Waals surface area contributed by atoms with Crippen molar-refractivity contribution in [3.8, 4) is 23.6 Å². The van der Waals surface area contributed by atoms with Gasteiger partial charge >= 0.3 is 0 Å². The number of methoxy groups -OCH3 is 2. The fourth-order valence-electron chi connectivity index (χ4n) is 4.75. The largest absolute Gasteiger partial charge is 0.497 e. The summed E-state index contributed by atoms with van der Waals surface area (Å²) in [5.74, 6) is -1.05.